The first-order valence-corrected chi connectivity index (χ1v) is 5.01. The molecule has 0 bridgehead atoms. The molecule has 2 heterocycles. The normalized spacial score (nSPS) is 18.7. The molecule has 1 fully saturated rings. The zero-order valence-corrected chi connectivity index (χ0v) is 9.00. The summed E-state index contributed by atoms with van der Waals surface area (Å²) in [4.78, 5) is 13.2. The summed E-state index contributed by atoms with van der Waals surface area (Å²) < 4.78 is 5.12. The monoisotopic (exact) mass is 222 g/mol. The Morgan fingerprint density at radius 2 is 2.47 bits per heavy atom. The zero-order valence-electron chi connectivity index (χ0n) is 8.19. The Labute approximate surface area is 92.5 Å². The van der Waals surface area contributed by atoms with Gasteiger partial charge in [-0.25, -0.2) is 0 Å². The highest BCUT2D eigenvalue weighted by molar-refractivity contribution is 7.80. The van der Waals surface area contributed by atoms with E-state index in [2.05, 4.69) is 5.32 Å². The summed E-state index contributed by atoms with van der Waals surface area (Å²) >= 11 is 5.01. The molecule has 0 unspecified atom stereocenters. The van der Waals surface area contributed by atoms with Crippen LogP contribution in [0.5, 0.6) is 0 Å². The third-order valence-corrected chi connectivity index (χ3v) is 2.43. The number of amides is 1. The van der Waals surface area contributed by atoms with Crippen molar-refractivity contribution in [2.24, 2.45) is 0 Å². The van der Waals surface area contributed by atoms with Gasteiger partial charge in [-0.15, -0.1) is 0 Å². The Morgan fingerprint density at radius 1 is 1.67 bits per heavy atom. The highest BCUT2D eigenvalue weighted by Gasteiger charge is 2.29. The molecule has 5 heteroatoms. The fourth-order valence-corrected chi connectivity index (χ4v) is 1.70. The summed E-state index contributed by atoms with van der Waals surface area (Å²) in [5.74, 6) is 0.519. The maximum absolute atomic E-state index is 11.7. The molecule has 1 aliphatic rings. The molecule has 1 aromatic rings. The predicted molar refractivity (Wildman–Crippen MR) is 59.8 cm³/mol. The molecule has 0 saturated carbocycles. The number of hydrogen-bond acceptors (Lipinski definition) is 3. The number of hydrogen-bond donors (Lipinski definition) is 1. The van der Waals surface area contributed by atoms with Gasteiger partial charge in [0, 0.05) is 12.6 Å². The lowest BCUT2D eigenvalue weighted by Crippen LogP contribution is -2.30. The number of carbonyl (C=O) groups is 1. The molecule has 0 atom stereocenters. The molecule has 0 aromatic carbocycles. The van der Waals surface area contributed by atoms with Crippen LogP contribution in [0.25, 0.3) is 6.08 Å². The third-order valence-electron chi connectivity index (χ3n) is 2.11. The highest BCUT2D eigenvalue weighted by Crippen LogP contribution is 2.13. The predicted octanol–water partition coefficient (Wildman–Crippen LogP) is 1.36. The van der Waals surface area contributed by atoms with E-state index in [0.29, 0.717) is 23.1 Å². The smallest absolute Gasteiger partial charge is 0.276 e. The number of furan rings is 1. The number of nitrogens with zero attached hydrogens (tertiary/aromatic N) is 1. The lowest BCUT2D eigenvalue weighted by molar-refractivity contribution is -0.122. The van der Waals surface area contributed by atoms with Crippen LogP contribution >= 0.6 is 12.2 Å². The van der Waals surface area contributed by atoms with Crippen LogP contribution in [0.2, 0.25) is 0 Å². The lowest BCUT2D eigenvalue weighted by Gasteiger charge is -2.08. The van der Waals surface area contributed by atoms with Crippen molar-refractivity contribution in [3.05, 3.63) is 29.9 Å². The highest BCUT2D eigenvalue weighted by atomic mass is 32.1. The van der Waals surface area contributed by atoms with E-state index in [4.69, 9.17) is 16.6 Å². The van der Waals surface area contributed by atoms with Crippen molar-refractivity contribution >= 4 is 29.3 Å². The van der Waals surface area contributed by atoms with Gasteiger partial charge in [-0.2, -0.15) is 0 Å². The van der Waals surface area contributed by atoms with Gasteiger partial charge in [-0.3, -0.25) is 9.69 Å². The number of carbonyl (C=O) groups excluding carboxylic acids is 1. The van der Waals surface area contributed by atoms with Gasteiger partial charge >= 0.3 is 0 Å². The maximum Gasteiger partial charge on any atom is 0.276 e. The van der Waals surface area contributed by atoms with E-state index in [9.17, 15) is 4.79 Å². The van der Waals surface area contributed by atoms with E-state index in [0.717, 1.165) is 0 Å². The van der Waals surface area contributed by atoms with Crippen molar-refractivity contribution in [2.75, 3.05) is 6.54 Å². The molecular formula is C10H10N2O2S. The van der Waals surface area contributed by atoms with Crippen LogP contribution in [0.4, 0.5) is 0 Å². The van der Waals surface area contributed by atoms with E-state index >= 15 is 0 Å². The first kappa shape index (κ1) is 9.92. The minimum atomic E-state index is -0.112. The molecule has 1 aliphatic heterocycles. The van der Waals surface area contributed by atoms with E-state index in [1.165, 1.54) is 4.90 Å². The molecule has 4 nitrogen and oxygen atoms in total. The summed E-state index contributed by atoms with van der Waals surface area (Å²) in [6, 6.07) is 3.54. The van der Waals surface area contributed by atoms with E-state index in [1.54, 1.807) is 24.5 Å². The zero-order chi connectivity index (χ0) is 10.8. The van der Waals surface area contributed by atoms with Crippen LogP contribution in [0.15, 0.2) is 28.5 Å². The lowest BCUT2D eigenvalue weighted by atomic mass is 10.3. The summed E-state index contributed by atoms with van der Waals surface area (Å²) in [5.41, 5.74) is 0.455. The van der Waals surface area contributed by atoms with Crippen molar-refractivity contribution in [2.45, 2.75) is 6.92 Å². The van der Waals surface area contributed by atoms with Crippen LogP contribution in [-0.2, 0) is 4.79 Å². The number of likely N-dealkylation sites (N-methyl/N-ethyl adjacent to an activating group) is 1. The molecule has 15 heavy (non-hydrogen) atoms. The first-order valence-electron chi connectivity index (χ1n) is 4.60. The van der Waals surface area contributed by atoms with Gasteiger partial charge in [0.1, 0.15) is 11.5 Å². The first-order chi connectivity index (χ1) is 7.22. The minimum Gasteiger partial charge on any atom is -0.465 e. The molecule has 1 N–H and O–H groups in total. The van der Waals surface area contributed by atoms with Crippen molar-refractivity contribution < 1.29 is 9.21 Å². The second-order valence-electron chi connectivity index (χ2n) is 3.05. The summed E-state index contributed by atoms with van der Waals surface area (Å²) in [6.45, 7) is 2.45. The van der Waals surface area contributed by atoms with Crippen molar-refractivity contribution in [1.82, 2.24) is 10.2 Å². The van der Waals surface area contributed by atoms with Crippen molar-refractivity contribution in [3.8, 4) is 0 Å². The number of nitrogens with one attached hydrogen (secondary N) is 1. The largest absolute Gasteiger partial charge is 0.465 e. The van der Waals surface area contributed by atoms with Crippen molar-refractivity contribution in [1.29, 1.82) is 0 Å². The van der Waals surface area contributed by atoms with E-state index < -0.39 is 0 Å². The van der Waals surface area contributed by atoms with Crippen LogP contribution < -0.4 is 5.32 Å². The molecule has 1 amide bonds. The van der Waals surface area contributed by atoms with E-state index in [-0.39, 0.29) is 5.91 Å². The molecular weight excluding hydrogens is 212 g/mol. The van der Waals surface area contributed by atoms with Gasteiger partial charge in [-0.05, 0) is 31.3 Å². The van der Waals surface area contributed by atoms with Crippen LogP contribution in [0.3, 0.4) is 0 Å². The second-order valence-corrected chi connectivity index (χ2v) is 3.44. The molecule has 0 aliphatic carbocycles. The number of thiocarbonyl (C=S) groups is 1. The fourth-order valence-electron chi connectivity index (χ4n) is 1.37. The average molecular weight is 222 g/mol. The Kier molecular flexibility index (Phi) is 2.55. The van der Waals surface area contributed by atoms with Gasteiger partial charge in [0.2, 0.25) is 0 Å². The van der Waals surface area contributed by atoms with Gasteiger partial charge in [0.25, 0.3) is 5.91 Å². The minimum absolute atomic E-state index is 0.112. The van der Waals surface area contributed by atoms with Crippen LogP contribution in [0.1, 0.15) is 12.7 Å². The van der Waals surface area contributed by atoms with Gasteiger partial charge in [-0.1, -0.05) is 0 Å². The van der Waals surface area contributed by atoms with Gasteiger partial charge < -0.3 is 9.73 Å². The van der Waals surface area contributed by atoms with Gasteiger partial charge in [0.05, 0.1) is 6.26 Å². The Morgan fingerprint density at radius 3 is 3.00 bits per heavy atom. The molecule has 1 saturated heterocycles. The van der Waals surface area contributed by atoms with Gasteiger partial charge in [0.15, 0.2) is 5.11 Å². The van der Waals surface area contributed by atoms with Crippen molar-refractivity contribution in [3.63, 3.8) is 0 Å². The second kappa shape index (κ2) is 3.86. The SMILES string of the molecule is CCN1C(=O)/C(=C\c2ccco2)NC1=S. The Bertz CT molecular complexity index is 423. The quantitative estimate of drug-likeness (QED) is 0.606. The summed E-state index contributed by atoms with van der Waals surface area (Å²) in [7, 11) is 0. The fraction of sp³-hybridized carbons (Fsp3) is 0.200. The molecule has 78 valence electrons. The molecule has 2 rings (SSSR count). The maximum atomic E-state index is 11.7. The molecule has 1 aromatic heterocycles. The van der Waals surface area contributed by atoms with E-state index in [1.807, 2.05) is 6.92 Å². The van der Waals surface area contributed by atoms with Crippen LogP contribution in [-0.4, -0.2) is 22.5 Å². The standard InChI is InChI=1S/C10H10N2O2S/c1-2-12-9(13)8(11-10(12)15)6-7-4-3-5-14-7/h3-6H,2H2,1H3,(H,11,15)/b8-6+. The Balaban J connectivity index is 2.26. The molecule has 0 spiro atoms. The number of rotatable bonds is 2. The van der Waals surface area contributed by atoms with Crippen LogP contribution in [0, 0.1) is 0 Å². The summed E-state index contributed by atoms with van der Waals surface area (Å²) in [6.07, 6.45) is 3.20. The summed E-state index contributed by atoms with van der Waals surface area (Å²) in [5, 5.41) is 3.30. The topological polar surface area (TPSA) is 45.5 Å². The average Bonchev–Trinajstić information content (AvgIpc) is 2.78. The molecule has 0 radical (unpaired) electrons. The Hall–Kier alpha value is -1.62. The third kappa shape index (κ3) is 1.78.